The van der Waals surface area contributed by atoms with Crippen molar-refractivity contribution in [2.75, 3.05) is 47.5 Å². The molecule has 9 nitrogen and oxygen atoms in total. The molecule has 0 saturated carbocycles. The Balaban J connectivity index is 4.15. The third-order valence-corrected chi connectivity index (χ3v) is 14.3. The van der Waals surface area contributed by atoms with E-state index in [4.69, 9.17) is 18.5 Å². The molecule has 2 atom stereocenters. The van der Waals surface area contributed by atoms with Gasteiger partial charge in [-0.1, -0.05) is 262 Å². The Morgan fingerprint density at radius 1 is 0.378 bits per heavy atom. The minimum absolute atomic E-state index is 0.0229. The molecule has 0 fully saturated rings. The van der Waals surface area contributed by atoms with Crippen LogP contribution in [0.1, 0.15) is 245 Å². The van der Waals surface area contributed by atoms with E-state index in [0.717, 1.165) is 135 Å². The molecule has 466 valence electrons. The van der Waals surface area contributed by atoms with Crippen LogP contribution in [0.25, 0.3) is 0 Å². The zero-order valence-corrected chi connectivity index (χ0v) is 53.8. The molecule has 0 aliphatic rings. The quantitative estimate of drug-likeness (QED) is 0.0211. The first-order valence-electron chi connectivity index (χ1n) is 32.6. The van der Waals surface area contributed by atoms with Crippen molar-refractivity contribution in [1.82, 2.24) is 0 Å². The summed E-state index contributed by atoms with van der Waals surface area (Å²) >= 11 is 0. The van der Waals surface area contributed by atoms with Gasteiger partial charge in [0.05, 0.1) is 27.7 Å². The lowest BCUT2D eigenvalue weighted by molar-refractivity contribution is -0.870. The molecule has 82 heavy (non-hydrogen) atoms. The van der Waals surface area contributed by atoms with Gasteiger partial charge in [-0.15, -0.1) is 0 Å². The molecular weight excluding hydrogens is 1040 g/mol. The number of allylic oxidation sites excluding steroid dienone is 24. The number of hydrogen-bond acceptors (Lipinski definition) is 7. The molecule has 0 amide bonds. The average molecular weight is 1160 g/mol. The highest BCUT2D eigenvalue weighted by atomic mass is 31.2. The number of quaternary nitrogens is 1. The summed E-state index contributed by atoms with van der Waals surface area (Å²) in [7, 11) is 1.46. The van der Waals surface area contributed by atoms with Crippen LogP contribution in [0.4, 0.5) is 0 Å². The van der Waals surface area contributed by atoms with Crippen molar-refractivity contribution < 1.29 is 42.1 Å². The number of esters is 2. The maximum atomic E-state index is 12.9. The van der Waals surface area contributed by atoms with Crippen molar-refractivity contribution in [2.45, 2.75) is 251 Å². The van der Waals surface area contributed by atoms with Crippen LogP contribution in [-0.2, 0) is 32.7 Å². The zero-order valence-electron chi connectivity index (χ0n) is 52.9. The fourth-order valence-electron chi connectivity index (χ4n) is 8.43. The molecule has 0 aliphatic carbocycles. The predicted molar refractivity (Wildman–Crippen MR) is 353 cm³/mol. The molecule has 0 aromatic heterocycles. The lowest BCUT2D eigenvalue weighted by atomic mass is 10.0. The van der Waals surface area contributed by atoms with Crippen molar-refractivity contribution in [3.63, 3.8) is 0 Å². The maximum absolute atomic E-state index is 12.9. The smallest absolute Gasteiger partial charge is 0.462 e. The Labute approximate surface area is 503 Å². The Bertz CT molecular complexity index is 1890. The number of phosphoric acid groups is 1. The number of rotatable bonds is 58. The van der Waals surface area contributed by atoms with Crippen LogP contribution in [0.5, 0.6) is 0 Å². The van der Waals surface area contributed by atoms with Crippen molar-refractivity contribution in [1.29, 1.82) is 0 Å². The number of hydrogen-bond donors (Lipinski definition) is 1. The lowest BCUT2D eigenvalue weighted by Gasteiger charge is -2.24. The maximum Gasteiger partial charge on any atom is 0.472 e. The number of nitrogens with zero attached hydrogens (tertiary/aromatic N) is 1. The minimum atomic E-state index is -4.40. The van der Waals surface area contributed by atoms with Crippen LogP contribution >= 0.6 is 7.82 Å². The molecule has 0 aromatic carbocycles. The van der Waals surface area contributed by atoms with E-state index in [-0.39, 0.29) is 32.0 Å². The van der Waals surface area contributed by atoms with Crippen LogP contribution in [-0.4, -0.2) is 74.9 Å². The minimum Gasteiger partial charge on any atom is -0.462 e. The summed E-state index contributed by atoms with van der Waals surface area (Å²) in [6.45, 7) is 4.19. The SMILES string of the molecule is CC/C=C\C/C=C\C/C=C\C/C=C\C/C=C\C/C=C\C/C=C\C/C=C\CCCCCCCCCCCCC(=O)OC(COC(=O)CCCCCCCCCCCC/C=C\C/C=C\C/C=C\C/C=C\CC)COP(=O)(O)OCC[N+](C)(C)C. The fourth-order valence-corrected chi connectivity index (χ4v) is 9.18. The van der Waals surface area contributed by atoms with E-state index in [9.17, 15) is 19.0 Å². The topological polar surface area (TPSA) is 108 Å². The van der Waals surface area contributed by atoms with Crippen molar-refractivity contribution in [3.05, 3.63) is 146 Å². The summed E-state index contributed by atoms with van der Waals surface area (Å²) in [4.78, 5) is 35.8. The molecular formula is C72H121NO8P+. The fraction of sp³-hybridized carbons (Fsp3) is 0.639. The number of unbranched alkanes of at least 4 members (excludes halogenated alkanes) is 20. The highest BCUT2D eigenvalue weighted by Gasteiger charge is 2.27. The van der Waals surface area contributed by atoms with Gasteiger partial charge in [-0.05, 0) is 116 Å². The number of phosphoric ester groups is 1. The summed E-state index contributed by atoms with van der Waals surface area (Å²) in [6, 6.07) is 0. The van der Waals surface area contributed by atoms with E-state index in [1.165, 1.54) is 77.0 Å². The van der Waals surface area contributed by atoms with Gasteiger partial charge in [0.2, 0.25) is 0 Å². The Hall–Kier alpha value is -4.11. The Morgan fingerprint density at radius 3 is 0.976 bits per heavy atom. The van der Waals surface area contributed by atoms with Gasteiger partial charge in [0.25, 0.3) is 0 Å². The molecule has 10 heteroatoms. The molecule has 0 aromatic rings. The molecule has 0 saturated heterocycles. The normalized spacial score (nSPS) is 14.2. The number of likely N-dealkylation sites (N-methyl/N-ethyl adjacent to an activating group) is 1. The van der Waals surface area contributed by atoms with Crippen LogP contribution < -0.4 is 0 Å². The summed E-state index contributed by atoms with van der Waals surface area (Å²) in [5.41, 5.74) is 0. The van der Waals surface area contributed by atoms with Gasteiger partial charge >= 0.3 is 19.8 Å². The first-order chi connectivity index (χ1) is 40.0. The zero-order chi connectivity index (χ0) is 59.8. The number of carbonyl (C=O) groups is 2. The molecule has 0 spiro atoms. The Morgan fingerprint density at radius 2 is 0.659 bits per heavy atom. The summed E-state index contributed by atoms with van der Waals surface area (Å²) in [5, 5.41) is 0. The van der Waals surface area contributed by atoms with Gasteiger partial charge in [0.1, 0.15) is 19.8 Å². The van der Waals surface area contributed by atoms with E-state index in [2.05, 4.69) is 160 Å². The number of ether oxygens (including phenoxy) is 2. The second-order valence-corrected chi connectivity index (χ2v) is 23.8. The van der Waals surface area contributed by atoms with Gasteiger partial charge in [-0.2, -0.15) is 0 Å². The van der Waals surface area contributed by atoms with Gasteiger partial charge in [0.15, 0.2) is 6.10 Å². The van der Waals surface area contributed by atoms with E-state index in [0.29, 0.717) is 17.4 Å². The molecule has 0 heterocycles. The van der Waals surface area contributed by atoms with Gasteiger partial charge in [-0.3, -0.25) is 18.6 Å². The highest BCUT2D eigenvalue weighted by Crippen LogP contribution is 2.43. The van der Waals surface area contributed by atoms with E-state index < -0.39 is 26.5 Å². The largest absolute Gasteiger partial charge is 0.472 e. The molecule has 1 N–H and O–H groups in total. The summed E-state index contributed by atoms with van der Waals surface area (Å²) in [5.74, 6) is -0.814. The standard InChI is InChI=1S/C72H120NO8P/c1-6-8-10-12-14-16-18-20-22-24-26-28-30-31-32-33-34-35-36-37-38-39-40-41-43-45-47-49-51-53-55-57-59-61-63-65-72(75)81-70(69-80-82(76,77)79-67-66-73(3,4)5)68-78-71(74)64-62-60-58-56-54-52-50-48-46-44-42-29-27-25-23-21-19-17-15-13-11-9-7-2/h8-11,14-17,20-23,26-29,31-32,34-35,37-38,40-41,70H,6-7,12-13,18-19,24-25,30,33,36,39,42-69H2,1-5H3/p+1/b10-8-,11-9-,16-14-,17-15-,22-20-,23-21-,28-26-,29-27-,32-31-,35-34-,38-37-,41-40-. The predicted octanol–water partition coefficient (Wildman–Crippen LogP) is 21.0. The van der Waals surface area contributed by atoms with E-state index in [1.807, 2.05) is 21.1 Å². The molecule has 0 rings (SSSR count). The molecule has 0 aliphatic heterocycles. The highest BCUT2D eigenvalue weighted by molar-refractivity contribution is 7.47. The van der Waals surface area contributed by atoms with E-state index >= 15 is 0 Å². The molecule has 2 unspecified atom stereocenters. The monoisotopic (exact) mass is 1160 g/mol. The van der Waals surface area contributed by atoms with Crippen molar-refractivity contribution in [2.24, 2.45) is 0 Å². The van der Waals surface area contributed by atoms with Gasteiger partial charge in [-0.25, -0.2) is 4.57 Å². The van der Waals surface area contributed by atoms with Gasteiger partial charge in [0, 0.05) is 12.8 Å². The second-order valence-electron chi connectivity index (χ2n) is 22.4. The van der Waals surface area contributed by atoms with E-state index in [1.54, 1.807) is 0 Å². The van der Waals surface area contributed by atoms with Crippen molar-refractivity contribution >= 4 is 19.8 Å². The number of carbonyl (C=O) groups excluding carboxylic acids is 2. The van der Waals surface area contributed by atoms with Crippen LogP contribution in [0, 0.1) is 0 Å². The third-order valence-electron chi connectivity index (χ3n) is 13.4. The Kier molecular flexibility index (Phi) is 58.4. The summed E-state index contributed by atoms with van der Waals surface area (Å²) in [6.07, 6.45) is 90.7. The van der Waals surface area contributed by atoms with Crippen LogP contribution in [0.3, 0.4) is 0 Å². The first-order valence-corrected chi connectivity index (χ1v) is 34.1. The van der Waals surface area contributed by atoms with Gasteiger partial charge < -0.3 is 18.9 Å². The molecule has 0 radical (unpaired) electrons. The third kappa shape index (κ3) is 65.0. The van der Waals surface area contributed by atoms with Crippen LogP contribution in [0.2, 0.25) is 0 Å². The second kappa shape index (κ2) is 61.5. The van der Waals surface area contributed by atoms with Crippen LogP contribution in [0.15, 0.2) is 146 Å². The lowest BCUT2D eigenvalue weighted by Crippen LogP contribution is -2.37. The first kappa shape index (κ1) is 77.9. The van der Waals surface area contributed by atoms with Crippen molar-refractivity contribution in [3.8, 4) is 0 Å². The molecule has 0 bridgehead atoms. The summed E-state index contributed by atoms with van der Waals surface area (Å²) < 4.78 is 34.7. The average Bonchev–Trinajstić information content (AvgIpc) is 3.45.